The minimum Gasteiger partial charge on any atom is -0.504 e. The molecule has 23 heavy (non-hydrogen) atoms. The Morgan fingerprint density at radius 2 is 2.04 bits per heavy atom. The Labute approximate surface area is 139 Å². The third-order valence-electron chi connectivity index (χ3n) is 4.37. The van der Waals surface area contributed by atoms with Crippen LogP contribution < -0.4 is 4.74 Å². The molecule has 0 radical (unpaired) electrons. The van der Waals surface area contributed by atoms with Gasteiger partial charge in [-0.3, -0.25) is 0 Å². The third kappa shape index (κ3) is 6.04. The topological polar surface area (TPSA) is 62.2 Å². The van der Waals surface area contributed by atoms with E-state index in [1.807, 2.05) is 19.1 Å². The standard InChI is InChI=1S/C19H30O4/c1-3-5-6-7-15(20)13-19-17(23-19)11-9-14-8-10-16(21)18(12-14)22-4-2/h8,10,12,15,17,19-21H,3-7,9,11,13H2,1-2H3. The van der Waals surface area contributed by atoms with E-state index in [9.17, 15) is 10.2 Å². The van der Waals surface area contributed by atoms with E-state index in [-0.39, 0.29) is 24.1 Å². The van der Waals surface area contributed by atoms with Crippen LogP contribution >= 0.6 is 0 Å². The van der Waals surface area contributed by atoms with Crippen molar-refractivity contribution in [2.75, 3.05) is 6.61 Å². The maximum absolute atomic E-state index is 9.99. The molecule has 4 nitrogen and oxygen atoms in total. The summed E-state index contributed by atoms with van der Waals surface area (Å²) in [5.74, 6) is 0.732. The minimum absolute atomic E-state index is 0.186. The van der Waals surface area contributed by atoms with Crippen molar-refractivity contribution in [2.24, 2.45) is 0 Å². The number of aryl methyl sites for hydroxylation is 1. The summed E-state index contributed by atoms with van der Waals surface area (Å²) in [7, 11) is 0. The number of aliphatic hydroxyl groups is 1. The monoisotopic (exact) mass is 322 g/mol. The number of benzene rings is 1. The van der Waals surface area contributed by atoms with Gasteiger partial charge in [0.05, 0.1) is 24.9 Å². The normalized spacial score (nSPS) is 21.2. The average Bonchev–Trinajstić information content (AvgIpc) is 3.26. The summed E-state index contributed by atoms with van der Waals surface area (Å²) in [5, 5.41) is 19.7. The number of hydrogen-bond donors (Lipinski definition) is 2. The molecule has 0 spiro atoms. The summed E-state index contributed by atoms with van der Waals surface area (Å²) in [6, 6.07) is 5.51. The highest BCUT2D eigenvalue weighted by atomic mass is 16.6. The van der Waals surface area contributed by atoms with E-state index in [0.29, 0.717) is 12.4 Å². The quantitative estimate of drug-likeness (QED) is 0.480. The van der Waals surface area contributed by atoms with Gasteiger partial charge in [-0.15, -0.1) is 0 Å². The van der Waals surface area contributed by atoms with E-state index < -0.39 is 0 Å². The Kier molecular flexibility index (Phi) is 7.18. The highest BCUT2D eigenvalue weighted by Gasteiger charge is 2.39. The van der Waals surface area contributed by atoms with Crippen molar-refractivity contribution < 1.29 is 19.7 Å². The fourth-order valence-corrected chi connectivity index (χ4v) is 2.95. The van der Waals surface area contributed by atoms with Crippen LogP contribution in [0.5, 0.6) is 11.5 Å². The van der Waals surface area contributed by atoms with Crippen molar-refractivity contribution in [1.82, 2.24) is 0 Å². The number of epoxide rings is 1. The number of unbranched alkanes of at least 4 members (excludes halogenated alkanes) is 2. The van der Waals surface area contributed by atoms with E-state index in [4.69, 9.17) is 9.47 Å². The molecule has 2 rings (SSSR count). The van der Waals surface area contributed by atoms with Crippen LogP contribution in [0.4, 0.5) is 0 Å². The molecule has 2 N–H and O–H groups in total. The number of hydrogen-bond acceptors (Lipinski definition) is 4. The molecular formula is C19H30O4. The maximum atomic E-state index is 9.99. The summed E-state index contributed by atoms with van der Waals surface area (Å²) in [4.78, 5) is 0. The second kappa shape index (κ2) is 9.14. The summed E-state index contributed by atoms with van der Waals surface area (Å²) >= 11 is 0. The fraction of sp³-hybridized carbons (Fsp3) is 0.684. The van der Waals surface area contributed by atoms with Gasteiger partial charge >= 0.3 is 0 Å². The summed E-state index contributed by atoms with van der Waals surface area (Å²) in [6.07, 6.45) is 7.22. The van der Waals surface area contributed by atoms with Crippen LogP contribution in [0.25, 0.3) is 0 Å². The van der Waals surface area contributed by atoms with Crippen molar-refractivity contribution in [2.45, 2.75) is 77.1 Å². The lowest BCUT2D eigenvalue weighted by molar-refractivity contribution is 0.139. The molecule has 3 unspecified atom stereocenters. The van der Waals surface area contributed by atoms with Crippen LogP contribution in [0.15, 0.2) is 18.2 Å². The van der Waals surface area contributed by atoms with E-state index in [2.05, 4.69) is 6.92 Å². The maximum Gasteiger partial charge on any atom is 0.161 e. The van der Waals surface area contributed by atoms with Gasteiger partial charge in [-0.05, 0) is 43.9 Å². The molecule has 0 saturated carbocycles. The van der Waals surface area contributed by atoms with Gasteiger partial charge in [-0.1, -0.05) is 32.3 Å². The molecule has 1 fully saturated rings. The molecule has 1 saturated heterocycles. The predicted octanol–water partition coefficient (Wildman–Crippen LogP) is 3.82. The lowest BCUT2D eigenvalue weighted by atomic mass is 10.0. The number of phenols is 1. The lowest BCUT2D eigenvalue weighted by Gasteiger charge is -2.08. The van der Waals surface area contributed by atoms with Crippen LogP contribution in [0, 0.1) is 0 Å². The van der Waals surface area contributed by atoms with Gasteiger partial charge in [0.15, 0.2) is 11.5 Å². The zero-order valence-electron chi connectivity index (χ0n) is 14.3. The zero-order valence-corrected chi connectivity index (χ0v) is 14.3. The van der Waals surface area contributed by atoms with Crippen LogP contribution in [-0.2, 0) is 11.2 Å². The Hall–Kier alpha value is -1.26. The Balaban J connectivity index is 1.68. The second-order valence-electron chi connectivity index (χ2n) is 6.37. The Morgan fingerprint density at radius 1 is 1.22 bits per heavy atom. The molecule has 0 amide bonds. The molecule has 0 bridgehead atoms. The van der Waals surface area contributed by atoms with Gasteiger partial charge in [-0.25, -0.2) is 0 Å². The molecule has 3 atom stereocenters. The third-order valence-corrected chi connectivity index (χ3v) is 4.37. The van der Waals surface area contributed by atoms with Crippen molar-refractivity contribution in [3.8, 4) is 11.5 Å². The molecule has 1 aromatic carbocycles. The van der Waals surface area contributed by atoms with E-state index >= 15 is 0 Å². The molecule has 1 aromatic rings. The smallest absolute Gasteiger partial charge is 0.161 e. The van der Waals surface area contributed by atoms with Gasteiger partial charge in [0.25, 0.3) is 0 Å². The molecule has 1 aliphatic heterocycles. The van der Waals surface area contributed by atoms with Crippen molar-refractivity contribution in [3.05, 3.63) is 23.8 Å². The molecule has 130 valence electrons. The lowest BCUT2D eigenvalue weighted by Crippen LogP contribution is -2.11. The van der Waals surface area contributed by atoms with E-state index in [1.54, 1.807) is 6.07 Å². The summed E-state index contributed by atoms with van der Waals surface area (Å²) in [6.45, 7) is 4.62. The highest BCUT2D eigenvalue weighted by Crippen LogP contribution is 2.33. The van der Waals surface area contributed by atoms with Crippen molar-refractivity contribution in [3.63, 3.8) is 0 Å². The number of aromatic hydroxyl groups is 1. The second-order valence-corrected chi connectivity index (χ2v) is 6.37. The highest BCUT2D eigenvalue weighted by molar-refractivity contribution is 5.41. The minimum atomic E-state index is -0.227. The predicted molar refractivity (Wildman–Crippen MR) is 91.0 cm³/mol. The first-order valence-corrected chi connectivity index (χ1v) is 8.92. The average molecular weight is 322 g/mol. The number of phenolic OH excluding ortho intramolecular Hbond substituents is 1. The summed E-state index contributed by atoms with van der Waals surface area (Å²) in [5.41, 5.74) is 1.14. The Bertz CT molecular complexity index is 474. The summed E-state index contributed by atoms with van der Waals surface area (Å²) < 4.78 is 11.1. The number of rotatable bonds is 11. The van der Waals surface area contributed by atoms with Crippen LogP contribution in [-0.4, -0.2) is 35.1 Å². The van der Waals surface area contributed by atoms with Crippen molar-refractivity contribution >= 4 is 0 Å². The number of ether oxygens (including phenoxy) is 2. The van der Waals surface area contributed by atoms with Gasteiger partial charge in [-0.2, -0.15) is 0 Å². The van der Waals surface area contributed by atoms with Gasteiger partial charge in [0.1, 0.15) is 0 Å². The first kappa shape index (κ1) is 18.1. The number of aliphatic hydroxyl groups excluding tert-OH is 1. The molecule has 1 heterocycles. The molecular weight excluding hydrogens is 292 g/mol. The van der Waals surface area contributed by atoms with E-state index in [0.717, 1.165) is 37.7 Å². The molecule has 0 aliphatic carbocycles. The Morgan fingerprint density at radius 3 is 2.78 bits per heavy atom. The fourth-order valence-electron chi connectivity index (χ4n) is 2.95. The molecule has 4 heteroatoms. The van der Waals surface area contributed by atoms with Crippen LogP contribution in [0.2, 0.25) is 0 Å². The first-order valence-electron chi connectivity index (χ1n) is 8.92. The van der Waals surface area contributed by atoms with Gasteiger partial charge < -0.3 is 19.7 Å². The zero-order chi connectivity index (χ0) is 16.7. The van der Waals surface area contributed by atoms with Crippen LogP contribution in [0.3, 0.4) is 0 Å². The first-order chi connectivity index (χ1) is 11.1. The SMILES string of the molecule is CCCCCC(O)CC1OC1CCc1ccc(O)c(OCC)c1. The van der Waals surface area contributed by atoms with Crippen LogP contribution in [0.1, 0.15) is 57.9 Å². The van der Waals surface area contributed by atoms with Crippen molar-refractivity contribution in [1.29, 1.82) is 0 Å². The molecule has 0 aromatic heterocycles. The molecule has 1 aliphatic rings. The van der Waals surface area contributed by atoms with E-state index in [1.165, 1.54) is 12.8 Å². The van der Waals surface area contributed by atoms with Gasteiger partial charge in [0.2, 0.25) is 0 Å². The van der Waals surface area contributed by atoms with Gasteiger partial charge in [0, 0.05) is 6.42 Å². The largest absolute Gasteiger partial charge is 0.504 e.